The van der Waals surface area contributed by atoms with Crippen LogP contribution >= 0.6 is 11.8 Å². The van der Waals surface area contributed by atoms with Crippen LogP contribution in [-0.2, 0) is 14.4 Å². The molecule has 2 aromatic rings. The van der Waals surface area contributed by atoms with Gasteiger partial charge in [0.2, 0.25) is 11.8 Å². The third-order valence-electron chi connectivity index (χ3n) is 5.73. The Bertz CT molecular complexity index is 1210. The second-order valence-electron chi connectivity index (χ2n) is 8.36. The highest BCUT2D eigenvalue weighted by atomic mass is 32.2. The Morgan fingerprint density at radius 3 is 2.78 bits per heavy atom. The number of carbonyl (C=O) groups is 3. The molecule has 0 saturated heterocycles. The molecule has 36 heavy (non-hydrogen) atoms. The Kier molecular flexibility index (Phi) is 8.37. The number of hydrogen-bond donors (Lipinski definition) is 2. The zero-order valence-corrected chi connectivity index (χ0v) is 21.1. The lowest BCUT2D eigenvalue weighted by atomic mass is 10.1. The molecular formula is C26H29N5O4S. The van der Waals surface area contributed by atoms with Gasteiger partial charge in [-0.3, -0.25) is 19.4 Å². The van der Waals surface area contributed by atoms with Crippen molar-refractivity contribution in [2.45, 2.75) is 38.6 Å². The van der Waals surface area contributed by atoms with Gasteiger partial charge in [0, 0.05) is 30.3 Å². The summed E-state index contributed by atoms with van der Waals surface area (Å²) < 4.78 is 5.20. The molecule has 0 saturated carbocycles. The number of amidine groups is 2. The molecule has 2 aliphatic heterocycles. The van der Waals surface area contributed by atoms with Gasteiger partial charge >= 0.3 is 0 Å². The number of fused-ring (bicyclic) bond motifs is 3. The molecule has 188 valence electrons. The molecule has 2 N–H and O–H groups in total. The molecule has 2 heterocycles. The summed E-state index contributed by atoms with van der Waals surface area (Å²) in [7, 11) is 1.56. The van der Waals surface area contributed by atoms with Gasteiger partial charge in [0.25, 0.3) is 5.91 Å². The fraction of sp³-hybridized carbons (Fsp3) is 0.346. The fourth-order valence-corrected chi connectivity index (χ4v) is 4.68. The van der Waals surface area contributed by atoms with E-state index in [1.807, 2.05) is 24.3 Å². The predicted molar refractivity (Wildman–Crippen MR) is 142 cm³/mol. The van der Waals surface area contributed by atoms with E-state index in [0.717, 1.165) is 18.4 Å². The van der Waals surface area contributed by atoms with Crippen LogP contribution in [0.4, 0.5) is 11.4 Å². The van der Waals surface area contributed by atoms with Crippen LogP contribution in [0.5, 0.6) is 5.75 Å². The molecule has 3 amide bonds. The maximum atomic E-state index is 13.3. The summed E-state index contributed by atoms with van der Waals surface area (Å²) in [6, 6.07) is 13.9. The molecule has 0 aromatic heterocycles. The minimum atomic E-state index is -0.667. The van der Waals surface area contributed by atoms with Gasteiger partial charge in [0.15, 0.2) is 5.17 Å². The lowest BCUT2D eigenvalue weighted by Gasteiger charge is -2.25. The van der Waals surface area contributed by atoms with Crippen molar-refractivity contribution in [1.29, 1.82) is 0 Å². The van der Waals surface area contributed by atoms with Crippen molar-refractivity contribution in [3.05, 3.63) is 54.1 Å². The lowest BCUT2D eigenvalue weighted by molar-refractivity contribution is -0.125. The first kappa shape index (κ1) is 25.4. The molecule has 0 spiro atoms. The highest BCUT2D eigenvalue weighted by Crippen LogP contribution is 2.34. The van der Waals surface area contributed by atoms with Gasteiger partial charge in [-0.05, 0) is 37.1 Å². The number of unbranched alkanes of at least 4 members (excludes halogenated alkanes) is 1. The Morgan fingerprint density at radius 1 is 1.14 bits per heavy atom. The summed E-state index contributed by atoms with van der Waals surface area (Å²) >= 11 is 1.17. The minimum Gasteiger partial charge on any atom is -0.497 e. The van der Waals surface area contributed by atoms with E-state index in [2.05, 4.69) is 27.5 Å². The van der Waals surface area contributed by atoms with Crippen molar-refractivity contribution in [2.24, 2.45) is 9.98 Å². The minimum absolute atomic E-state index is 0.0553. The number of nitrogens with zero attached hydrogens (tertiary/aromatic N) is 3. The van der Waals surface area contributed by atoms with Gasteiger partial charge in [0.1, 0.15) is 17.6 Å². The first-order chi connectivity index (χ1) is 17.5. The molecule has 10 heteroatoms. The maximum Gasteiger partial charge on any atom is 0.259 e. The summed E-state index contributed by atoms with van der Waals surface area (Å²) in [5.74, 6) is 0.652. The van der Waals surface area contributed by atoms with Gasteiger partial charge in [-0.1, -0.05) is 43.3 Å². The highest BCUT2D eigenvalue weighted by Gasteiger charge is 2.41. The Labute approximate surface area is 214 Å². The van der Waals surface area contributed by atoms with Gasteiger partial charge in [0.05, 0.1) is 18.6 Å². The van der Waals surface area contributed by atoms with Crippen molar-refractivity contribution < 1.29 is 19.1 Å². The molecule has 4 rings (SSSR count). The topological polar surface area (TPSA) is 112 Å². The number of para-hydroxylation sites is 1. The van der Waals surface area contributed by atoms with E-state index in [4.69, 9.17) is 4.74 Å². The number of methoxy groups -OCH3 is 1. The lowest BCUT2D eigenvalue weighted by Crippen LogP contribution is -2.41. The molecular weight excluding hydrogens is 478 g/mol. The molecule has 0 bridgehead atoms. The Hall–Kier alpha value is -3.66. The number of benzene rings is 2. The molecule has 0 unspecified atom stereocenters. The van der Waals surface area contributed by atoms with Crippen LogP contribution in [-0.4, -0.2) is 59.1 Å². The summed E-state index contributed by atoms with van der Waals surface area (Å²) in [6.07, 6.45) is 2.45. The number of rotatable bonds is 10. The third kappa shape index (κ3) is 5.93. The quantitative estimate of drug-likeness (QED) is 0.476. The van der Waals surface area contributed by atoms with E-state index >= 15 is 0 Å². The molecule has 0 aliphatic carbocycles. The number of carbonyl (C=O) groups excluding carboxylic acids is 3. The van der Waals surface area contributed by atoms with E-state index in [1.165, 1.54) is 16.7 Å². The zero-order chi connectivity index (χ0) is 25.5. The number of thioether (sulfide) groups is 1. The molecule has 2 aliphatic rings. The van der Waals surface area contributed by atoms with Crippen molar-refractivity contribution >= 4 is 51.9 Å². The SMILES string of the molecule is CCCCNC(=O)CC[C@@H]1N=C2c3ccccc3N=C(SCC(=O)Nc3cccc(OC)c3)N2C1=O. The van der Waals surface area contributed by atoms with Crippen molar-refractivity contribution in [3.63, 3.8) is 0 Å². The normalized spacial score (nSPS) is 16.0. The Morgan fingerprint density at radius 2 is 1.97 bits per heavy atom. The zero-order valence-electron chi connectivity index (χ0n) is 20.3. The summed E-state index contributed by atoms with van der Waals surface area (Å²) in [5.41, 5.74) is 2.06. The van der Waals surface area contributed by atoms with Gasteiger partial charge in [-0.2, -0.15) is 0 Å². The third-order valence-corrected chi connectivity index (χ3v) is 6.67. The van der Waals surface area contributed by atoms with Gasteiger partial charge in [-0.25, -0.2) is 9.89 Å². The number of ether oxygens (including phenoxy) is 1. The number of aliphatic imine (C=N–C) groups is 2. The average Bonchev–Trinajstić information content (AvgIpc) is 3.23. The smallest absolute Gasteiger partial charge is 0.259 e. The second-order valence-corrected chi connectivity index (χ2v) is 9.31. The summed E-state index contributed by atoms with van der Waals surface area (Å²) in [6.45, 7) is 2.69. The van der Waals surface area contributed by atoms with Crippen LogP contribution in [0.1, 0.15) is 38.2 Å². The number of nitrogens with one attached hydrogen (secondary N) is 2. The molecule has 9 nitrogen and oxygen atoms in total. The number of amides is 3. The summed E-state index contributed by atoms with van der Waals surface area (Å²) in [5, 5.41) is 6.11. The monoisotopic (exact) mass is 507 g/mol. The first-order valence-corrected chi connectivity index (χ1v) is 12.9. The molecule has 1 atom stereocenters. The number of anilines is 1. The summed E-state index contributed by atoms with van der Waals surface area (Å²) in [4.78, 5) is 48.9. The number of hydrogen-bond acceptors (Lipinski definition) is 7. The van der Waals surface area contributed by atoms with E-state index in [9.17, 15) is 14.4 Å². The maximum absolute atomic E-state index is 13.3. The van der Waals surface area contributed by atoms with Crippen LogP contribution in [0.15, 0.2) is 58.5 Å². The van der Waals surface area contributed by atoms with E-state index in [0.29, 0.717) is 41.1 Å². The van der Waals surface area contributed by atoms with Crippen LogP contribution in [0.2, 0.25) is 0 Å². The fourth-order valence-electron chi connectivity index (χ4n) is 3.88. The van der Waals surface area contributed by atoms with Crippen molar-refractivity contribution in [2.75, 3.05) is 24.7 Å². The molecule has 0 radical (unpaired) electrons. The van der Waals surface area contributed by atoms with Crippen LogP contribution in [0, 0.1) is 0 Å². The second kappa shape index (κ2) is 11.9. The van der Waals surface area contributed by atoms with Gasteiger partial charge in [-0.15, -0.1) is 0 Å². The van der Waals surface area contributed by atoms with Crippen LogP contribution in [0.3, 0.4) is 0 Å². The standard InChI is InChI=1S/C26H29N5O4S/c1-3-4-14-27-22(32)13-12-21-25(34)31-24(29-21)19-10-5-6-11-20(19)30-26(31)36-16-23(33)28-17-8-7-9-18(15-17)35-2/h5-11,15,21H,3-4,12-14,16H2,1-2H3,(H,27,32)(H,28,33)/t21-/m0/s1. The average molecular weight is 508 g/mol. The van der Waals surface area contributed by atoms with Crippen molar-refractivity contribution in [1.82, 2.24) is 10.2 Å². The van der Waals surface area contributed by atoms with E-state index in [-0.39, 0.29) is 29.9 Å². The molecule has 0 fully saturated rings. The molecule has 2 aromatic carbocycles. The van der Waals surface area contributed by atoms with Gasteiger partial charge < -0.3 is 15.4 Å². The highest BCUT2D eigenvalue weighted by molar-refractivity contribution is 8.14. The largest absolute Gasteiger partial charge is 0.497 e. The Balaban J connectivity index is 1.44. The predicted octanol–water partition coefficient (Wildman–Crippen LogP) is 3.72. The first-order valence-electron chi connectivity index (χ1n) is 11.9. The van der Waals surface area contributed by atoms with Crippen molar-refractivity contribution in [3.8, 4) is 5.75 Å². The van der Waals surface area contributed by atoms with E-state index in [1.54, 1.807) is 31.4 Å². The van der Waals surface area contributed by atoms with Crippen LogP contribution in [0.25, 0.3) is 0 Å². The van der Waals surface area contributed by atoms with Crippen LogP contribution < -0.4 is 15.4 Å². The van der Waals surface area contributed by atoms with E-state index < -0.39 is 6.04 Å².